The normalized spacial score (nSPS) is 16.1. The zero-order chi connectivity index (χ0) is 23.8. The molecule has 3 aromatic rings. The maximum atomic E-state index is 12.9. The van der Waals surface area contributed by atoms with Crippen LogP contribution in [0.4, 0.5) is 5.69 Å². The first-order chi connectivity index (χ1) is 16.6. The van der Waals surface area contributed by atoms with E-state index in [2.05, 4.69) is 22.5 Å². The highest BCUT2D eigenvalue weighted by atomic mass is 16.2. The van der Waals surface area contributed by atoms with Crippen molar-refractivity contribution in [2.24, 2.45) is 5.92 Å². The van der Waals surface area contributed by atoms with Gasteiger partial charge in [0, 0.05) is 25.2 Å². The maximum Gasteiger partial charge on any atom is 0.255 e. The lowest BCUT2D eigenvalue weighted by Gasteiger charge is -2.30. The van der Waals surface area contributed by atoms with Crippen LogP contribution in [0.25, 0.3) is 0 Å². The number of carbonyl (C=O) groups is 2. The monoisotopic (exact) mass is 455 g/mol. The lowest BCUT2D eigenvalue weighted by atomic mass is 9.99. The molecule has 0 saturated carbocycles. The average Bonchev–Trinajstić information content (AvgIpc) is 2.85. The van der Waals surface area contributed by atoms with Gasteiger partial charge < -0.3 is 10.6 Å². The summed E-state index contributed by atoms with van der Waals surface area (Å²) in [7, 11) is 0. The summed E-state index contributed by atoms with van der Waals surface area (Å²) in [5.41, 5.74) is 3.93. The number of likely N-dealkylation sites (tertiary alicyclic amines) is 1. The van der Waals surface area contributed by atoms with Crippen molar-refractivity contribution in [3.63, 3.8) is 0 Å². The van der Waals surface area contributed by atoms with Crippen LogP contribution in [0, 0.1) is 5.92 Å². The van der Waals surface area contributed by atoms with E-state index in [1.165, 1.54) is 24.0 Å². The van der Waals surface area contributed by atoms with E-state index in [0.717, 1.165) is 32.0 Å². The van der Waals surface area contributed by atoms with Gasteiger partial charge in [-0.3, -0.25) is 14.5 Å². The van der Waals surface area contributed by atoms with Gasteiger partial charge in [0.15, 0.2) is 0 Å². The molecule has 1 aliphatic rings. The minimum absolute atomic E-state index is 0.196. The van der Waals surface area contributed by atoms with Crippen molar-refractivity contribution in [3.8, 4) is 0 Å². The number of benzene rings is 3. The second-order valence-corrected chi connectivity index (χ2v) is 9.17. The van der Waals surface area contributed by atoms with Gasteiger partial charge in [-0.2, -0.15) is 0 Å². The summed E-state index contributed by atoms with van der Waals surface area (Å²) in [5.74, 6) is 0.329. The Bertz CT molecular complexity index is 1100. The molecule has 1 heterocycles. The van der Waals surface area contributed by atoms with Gasteiger partial charge in [-0.15, -0.1) is 0 Å². The molecule has 0 spiro atoms. The number of nitrogens with one attached hydrogen (secondary N) is 2. The maximum absolute atomic E-state index is 12.9. The summed E-state index contributed by atoms with van der Waals surface area (Å²) in [4.78, 5) is 28.1. The number of amides is 2. The Balaban J connectivity index is 1.34. The van der Waals surface area contributed by atoms with Crippen molar-refractivity contribution in [2.45, 2.75) is 32.7 Å². The van der Waals surface area contributed by atoms with Crippen molar-refractivity contribution in [1.82, 2.24) is 10.2 Å². The zero-order valence-corrected chi connectivity index (χ0v) is 19.8. The van der Waals surface area contributed by atoms with Crippen molar-refractivity contribution >= 4 is 17.5 Å². The van der Waals surface area contributed by atoms with Crippen LogP contribution in [0.3, 0.4) is 0 Å². The highest BCUT2D eigenvalue weighted by Crippen LogP contribution is 2.19. The molecule has 4 rings (SSSR count). The molecule has 0 aliphatic carbocycles. The Hall–Kier alpha value is -3.44. The quantitative estimate of drug-likeness (QED) is 0.494. The van der Waals surface area contributed by atoms with Crippen LogP contribution >= 0.6 is 0 Å². The van der Waals surface area contributed by atoms with E-state index in [9.17, 15) is 9.59 Å². The van der Waals surface area contributed by atoms with Crippen LogP contribution in [0.5, 0.6) is 0 Å². The number of carbonyl (C=O) groups excluding carboxylic acids is 2. The smallest absolute Gasteiger partial charge is 0.255 e. The van der Waals surface area contributed by atoms with E-state index in [1.54, 1.807) is 18.2 Å². The van der Waals surface area contributed by atoms with Gasteiger partial charge in [0.1, 0.15) is 0 Å². The Morgan fingerprint density at radius 1 is 0.882 bits per heavy atom. The van der Waals surface area contributed by atoms with Gasteiger partial charge in [-0.1, -0.05) is 61.5 Å². The molecule has 0 aromatic heterocycles. The Labute approximate surface area is 202 Å². The van der Waals surface area contributed by atoms with Gasteiger partial charge in [0.2, 0.25) is 0 Å². The molecule has 1 saturated heterocycles. The van der Waals surface area contributed by atoms with Crippen LogP contribution in [0.1, 0.15) is 51.6 Å². The van der Waals surface area contributed by atoms with E-state index in [1.807, 2.05) is 60.7 Å². The fourth-order valence-corrected chi connectivity index (χ4v) is 4.49. The van der Waals surface area contributed by atoms with Crippen LogP contribution in [0.2, 0.25) is 0 Å². The SMILES string of the molecule is C[C@@H]1CCCN(Cc2ccc(C(=O)Nc3ccccc3C(=O)NCCc3ccccc3)cc2)C1. The predicted molar refractivity (Wildman–Crippen MR) is 137 cm³/mol. The highest BCUT2D eigenvalue weighted by molar-refractivity contribution is 6.09. The average molecular weight is 456 g/mol. The minimum Gasteiger partial charge on any atom is -0.352 e. The van der Waals surface area contributed by atoms with Crippen LogP contribution in [-0.2, 0) is 13.0 Å². The molecule has 176 valence electrons. The molecular formula is C29H33N3O2. The first-order valence-corrected chi connectivity index (χ1v) is 12.1. The van der Waals surface area contributed by atoms with Crippen LogP contribution in [0.15, 0.2) is 78.9 Å². The second-order valence-electron chi connectivity index (χ2n) is 9.17. The van der Waals surface area contributed by atoms with Gasteiger partial charge >= 0.3 is 0 Å². The van der Waals surface area contributed by atoms with Gasteiger partial charge in [0.25, 0.3) is 11.8 Å². The van der Waals surface area contributed by atoms with Crippen molar-refractivity contribution in [3.05, 3.63) is 101 Å². The third kappa shape index (κ3) is 6.55. The van der Waals surface area contributed by atoms with E-state index in [-0.39, 0.29) is 11.8 Å². The molecule has 34 heavy (non-hydrogen) atoms. The second kappa shape index (κ2) is 11.6. The molecule has 5 nitrogen and oxygen atoms in total. The molecule has 0 bridgehead atoms. The molecule has 1 fully saturated rings. The molecule has 0 unspecified atom stereocenters. The minimum atomic E-state index is -0.220. The number of nitrogens with zero attached hydrogens (tertiary/aromatic N) is 1. The molecule has 5 heteroatoms. The Morgan fingerprint density at radius 2 is 1.62 bits per heavy atom. The number of hydrogen-bond donors (Lipinski definition) is 2. The molecule has 1 atom stereocenters. The standard InChI is InChI=1S/C29H33N3O2/c1-22-8-7-19-32(20-22)21-24-13-15-25(16-14-24)28(33)31-27-12-6-5-11-26(27)29(34)30-18-17-23-9-3-2-4-10-23/h2-6,9-16,22H,7-8,17-21H2,1H3,(H,30,34)(H,31,33)/t22-/m1/s1. The van der Waals surface area contributed by atoms with Crippen LogP contribution < -0.4 is 10.6 Å². The van der Waals surface area contributed by atoms with Crippen molar-refractivity contribution < 1.29 is 9.59 Å². The summed E-state index contributed by atoms with van der Waals surface area (Å²) in [6.07, 6.45) is 3.31. The fraction of sp³-hybridized carbons (Fsp3) is 0.310. The first-order valence-electron chi connectivity index (χ1n) is 12.1. The number of hydrogen-bond acceptors (Lipinski definition) is 3. The fourth-order valence-electron chi connectivity index (χ4n) is 4.49. The Kier molecular flexibility index (Phi) is 8.10. The lowest BCUT2D eigenvalue weighted by molar-refractivity contribution is 0.0955. The number of piperidine rings is 1. The topological polar surface area (TPSA) is 61.4 Å². The van der Waals surface area contributed by atoms with E-state index >= 15 is 0 Å². The molecule has 1 aliphatic heterocycles. The lowest BCUT2D eigenvalue weighted by Crippen LogP contribution is -2.33. The zero-order valence-electron chi connectivity index (χ0n) is 19.8. The van der Waals surface area contributed by atoms with E-state index in [4.69, 9.17) is 0 Å². The van der Waals surface area contributed by atoms with Gasteiger partial charge in [-0.25, -0.2) is 0 Å². The van der Waals surface area contributed by atoms with Gasteiger partial charge in [-0.05, 0) is 67.1 Å². The molecule has 2 N–H and O–H groups in total. The summed E-state index contributed by atoms with van der Waals surface area (Å²) in [5, 5.41) is 5.87. The van der Waals surface area contributed by atoms with E-state index in [0.29, 0.717) is 23.4 Å². The molecule has 2 amide bonds. The molecule has 3 aromatic carbocycles. The highest BCUT2D eigenvalue weighted by Gasteiger charge is 2.17. The summed E-state index contributed by atoms with van der Waals surface area (Å²) in [6, 6.07) is 24.9. The largest absolute Gasteiger partial charge is 0.352 e. The van der Waals surface area contributed by atoms with E-state index < -0.39 is 0 Å². The third-order valence-corrected chi connectivity index (χ3v) is 6.33. The Morgan fingerprint density at radius 3 is 2.38 bits per heavy atom. The summed E-state index contributed by atoms with van der Waals surface area (Å²) >= 11 is 0. The number of anilines is 1. The van der Waals surface area contributed by atoms with Gasteiger partial charge in [0.05, 0.1) is 11.3 Å². The number of rotatable bonds is 8. The molecular weight excluding hydrogens is 422 g/mol. The van der Waals surface area contributed by atoms with Crippen molar-refractivity contribution in [2.75, 3.05) is 25.0 Å². The summed E-state index contributed by atoms with van der Waals surface area (Å²) < 4.78 is 0. The summed E-state index contributed by atoms with van der Waals surface area (Å²) in [6.45, 7) is 6.02. The first kappa shape index (κ1) is 23.7. The molecule has 0 radical (unpaired) electrons. The predicted octanol–water partition coefficient (Wildman–Crippen LogP) is 5.14. The third-order valence-electron chi connectivity index (χ3n) is 6.33. The van der Waals surface area contributed by atoms with Crippen molar-refractivity contribution in [1.29, 1.82) is 0 Å². The number of para-hydroxylation sites is 1. The van der Waals surface area contributed by atoms with Crippen LogP contribution in [-0.4, -0.2) is 36.3 Å².